The van der Waals surface area contributed by atoms with E-state index in [1.165, 1.54) is 7.11 Å². The summed E-state index contributed by atoms with van der Waals surface area (Å²) in [6, 6.07) is 6.69. The lowest BCUT2D eigenvalue weighted by atomic mass is 9.86. The van der Waals surface area contributed by atoms with Gasteiger partial charge < -0.3 is 15.2 Å². The number of allylic oxidation sites excluding steroid dienone is 2. The Hall–Kier alpha value is -1.94. The largest absolute Gasteiger partial charge is 0.498 e. The highest BCUT2D eigenvalue weighted by Crippen LogP contribution is 2.33. The van der Waals surface area contributed by atoms with Gasteiger partial charge >= 0.3 is 5.97 Å². The summed E-state index contributed by atoms with van der Waals surface area (Å²) in [5.41, 5.74) is -0.922. The molecule has 2 rings (SSSR count). The highest BCUT2D eigenvalue weighted by Gasteiger charge is 2.46. The summed E-state index contributed by atoms with van der Waals surface area (Å²) in [4.78, 5) is 11.7. The molecule has 0 amide bonds. The molecular formula is C13H12ClNO3. The molecule has 2 N–H and O–H groups in total. The lowest BCUT2D eigenvalue weighted by Crippen LogP contribution is -2.50. The molecule has 18 heavy (non-hydrogen) atoms. The molecule has 1 unspecified atom stereocenters. The van der Waals surface area contributed by atoms with Crippen molar-refractivity contribution in [2.75, 3.05) is 7.11 Å². The zero-order chi connectivity index (χ0) is 13.2. The van der Waals surface area contributed by atoms with Gasteiger partial charge in [0.25, 0.3) is 0 Å². The number of rotatable bonds is 3. The lowest BCUT2D eigenvalue weighted by molar-refractivity contribution is -0.144. The summed E-state index contributed by atoms with van der Waals surface area (Å²) in [6.45, 7) is 0. The Balaban J connectivity index is 2.62. The zero-order valence-electron chi connectivity index (χ0n) is 9.68. The van der Waals surface area contributed by atoms with Crippen LogP contribution in [0.1, 0.15) is 5.56 Å². The minimum Gasteiger partial charge on any atom is -0.498 e. The number of hydrogen-bond donors (Lipinski definition) is 2. The predicted octanol–water partition coefficient (Wildman–Crippen LogP) is 2.27. The van der Waals surface area contributed by atoms with Crippen molar-refractivity contribution < 1.29 is 14.6 Å². The number of dihydropyridines is 1. The van der Waals surface area contributed by atoms with E-state index in [1.54, 1.807) is 42.6 Å². The summed E-state index contributed by atoms with van der Waals surface area (Å²) in [7, 11) is 1.44. The van der Waals surface area contributed by atoms with Crippen LogP contribution in [0.15, 0.2) is 48.4 Å². The van der Waals surface area contributed by atoms with Crippen molar-refractivity contribution in [2.45, 2.75) is 5.54 Å². The number of halogens is 1. The molecule has 0 fully saturated rings. The van der Waals surface area contributed by atoms with Crippen LogP contribution in [0.2, 0.25) is 5.02 Å². The maximum absolute atomic E-state index is 11.7. The second-order valence-corrected chi connectivity index (χ2v) is 4.24. The van der Waals surface area contributed by atoms with E-state index in [4.69, 9.17) is 16.3 Å². The first-order chi connectivity index (χ1) is 8.61. The van der Waals surface area contributed by atoms with Gasteiger partial charge in [0, 0.05) is 5.02 Å². The minimum atomic E-state index is -1.44. The molecule has 1 aliphatic rings. The van der Waals surface area contributed by atoms with Gasteiger partial charge in [-0.3, -0.25) is 0 Å². The molecule has 1 aromatic rings. The predicted molar refractivity (Wildman–Crippen MR) is 68.1 cm³/mol. The van der Waals surface area contributed by atoms with E-state index in [1.807, 2.05) is 0 Å². The first-order valence-electron chi connectivity index (χ1n) is 5.29. The normalized spacial score (nSPS) is 22.0. The lowest BCUT2D eigenvalue weighted by Gasteiger charge is -2.33. The summed E-state index contributed by atoms with van der Waals surface area (Å²) in [5.74, 6) is -0.748. The number of carboxylic acids is 1. The molecule has 94 valence electrons. The molecule has 1 aliphatic heterocycles. The van der Waals surface area contributed by atoms with Gasteiger partial charge in [-0.1, -0.05) is 23.7 Å². The Morgan fingerprint density at radius 3 is 2.89 bits per heavy atom. The van der Waals surface area contributed by atoms with E-state index in [0.29, 0.717) is 16.3 Å². The van der Waals surface area contributed by atoms with E-state index >= 15 is 0 Å². The van der Waals surface area contributed by atoms with Crippen LogP contribution in [-0.2, 0) is 15.1 Å². The summed E-state index contributed by atoms with van der Waals surface area (Å²) >= 11 is 5.92. The van der Waals surface area contributed by atoms with Crippen LogP contribution in [0, 0.1) is 0 Å². The molecule has 5 heteroatoms. The van der Waals surface area contributed by atoms with E-state index in [0.717, 1.165) is 0 Å². The summed E-state index contributed by atoms with van der Waals surface area (Å²) in [6.07, 6.45) is 4.87. The molecule has 0 aliphatic carbocycles. The molecular weight excluding hydrogens is 254 g/mol. The van der Waals surface area contributed by atoms with E-state index in [9.17, 15) is 9.90 Å². The van der Waals surface area contributed by atoms with Gasteiger partial charge in [0.05, 0.1) is 7.11 Å². The van der Waals surface area contributed by atoms with Crippen molar-refractivity contribution in [3.05, 3.63) is 59.0 Å². The van der Waals surface area contributed by atoms with E-state index in [-0.39, 0.29) is 0 Å². The van der Waals surface area contributed by atoms with Gasteiger partial charge in [0.15, 0.2) is 0 Å². The number of nitrogens with one attached hydrogen (secondary N) is 1. The summed E-state index contributed by atoms with van der Waals surface area (Å²) < 4.78 is 5.19. The van der Waals surface area contributed by atoms with Crippen molar-refractivity contribution in [1.82, 2.24) is 5.32 Å². The molecule has 0 radical (unpaired) electrons. The molecule has 0 bridgehead atoms. The zero-order valence-corrected chi connectivity index (χ0v) is 10.4. The third kappa shape index (κ3) is 1.84. The Bertz CT molecular complexity index is 539. The smallest absolute Gasteiger partial charge is 0.342 e. The molecule has 0 saturated carbocycles. The molecule has 1 heterocycles. The third-order valence-electron chi connectivity index (χ3n) is 2.81. The van der Waals surface area contributed by atoms with E-state index in [2.05, 4.69) is 5.32 Å². The average molecular weight is 266 g/mol. The maximum Gasteiger partial charge on any atom is 0.342 e. The SMILES string of the molecule is COC1=CC=CNC1(C(=O)O)c1cccc(Cl)c1. The van der Waals surface area contributed by atoms with Crippen molar-refractivity contribution >= 4 is 17.6 Å². The number of hydrogen-bond acceptors (Lipinski definition) is 3. The fourth-order valence-corrected chi connectivity index (χ4v) is 2.15. The fraction of sp³-hybridized carbons (Fsp3) is 0.154. The van der Waals surface area contributed by atoms with Gasteiger partial charge in [0.2, 0.25) is 5.54 Å². The number of carbonyl (C=O) groups is 1. The Morgan fingerprint density at radius 2 is 2.28 bits per heavy atom. The Kier molecular flexibility index (Phi) is 3.30. The standard InChI is InChI=1S/C13H12ClNO3/c1-18-11-6-3-7-15-13(11,12(16)17)9-4-2-5-10(14)8-9/h2-8,15H,1H3,(H,16,17). The van der Waals surface area contributed by atoms with Crippen LogP contribution in [0.4, 0.5) is 0 Å². The van der Waals surface area contributed by atoms with Gasteiger partial charge in [-0.05, 0) is 36.0 Å². The van der Waals surface area contributed by atoms with Crippen LogP contribution >= 0.6 is 11.6 Å². The van der Waals surface area contributed by atoms with Gasteiger partial charge in [-0.15, -0.1) is 0 Å². The van der Waals surface area contributed by atoms with Gasteiger partial charge in [0.1, 0.15) is 5.76 Å². The van der Waals surface area contributed by atoms with Crippen LogP contribution in [0.25, 0.3) is 0 Å². The molecule has 0 aromatic heterocycles. The second-order valence-electron chi connectivity index (χ2n) is 3.80. The molecule has 0 spiro atoms. The van der Waals surface area contributed by atoms with Crippen LogP contribution in [-0.4, -0.2) is 18.2 Å². The number of ether oxygens (including phenoxy) is 1. The second kappa shape index (κ2) is 4.74. The van der Waals surface area contributed by atoms with Crippen molar-refractivity contribution in [1.29, 1.82) is 0 Å². The quantitative estimate of drug-likeness (QED) is 0.880. The van der Waals surface area contributed by atoms with E-state index < -0.39 is 11.5 Å². The van der Waals surface area contributed by atoms with Crippen molar-refractivity contribution in [2.24, 2.45) is 0 Å². The van der Waals surface area contributed by atoms with Crippen molar-refractivity contribution in [3.8, 4) is 0 Å². The number of carboxylic acid groups (broad SMARTS) is 1. The summed E-state index contributed by atoms with van der Waals surface area (Å²) in [5, 5.41) is 12.9. The molecule has 0 saturated heterocycles. The topological polar surface area (TPSA) is 58.6 Å². The molecule has 1 aromatic carbocycles. The van der Waals surface area contributed by atoms with Gasteiger partial charge in [-0.2, -0.15) is 0 Å². The maximum atomic E-state index is 11.7. The number of methoxy groups -OCH3 is 1. The highest BCUT2D eigenvalue weighted by molar-refractivity contribution is 6.30. The first-order valence-corrected chi connectivity index (χ1v) is 5.67. The van der Waals surface area contributed by atoms with Crippen molar-refractivity contribution in [3.63, 3.8) is 0 Å². The van der Waals surface area contributed by atoms with Gasteiger partial charge in [-0.25, -0.2) is 4.79 Å². The number of benzene rings is 1. The number of aliphatic carboxylic acids is 1. The Labute approximate surface area is 110 Å². The van der Waals surface area contributed by atoms with Crippen LogP contribution in [0.3, 0.4) is 0 Å². The van der Waals surface area contributed by atoms with Crippen LogP contribution < -0.4 is 5.32 Å². The minimum absolute atomic E-state index is 0.305. The highest BCUT2D eigenvalue weighted by atomic mass is 35.5. The average Bonchev–Trinajstić information content (AvgIpc) is 2.38. The molecule has 4 nitrogen and oxygen atoms in total. The molecule has 1 atom stereocenters. The first kappa shape index (κ1) is 12.5. The fourth-order valence-electron chi connectivity index (χ4n) is 1.96. The third-order valence-corrected chi connectivity index (χ3v) is 3.05. The Morgan fingerprint density at radius 1 is 1.50 bits per heavy atom. The monoisotopic (exact) mass is 265 g/mol. The van der Waals surface area contributed by atoms with Crippen LogP contribution in [0.5, 0.6) is 0 Å².